The smallest absolute Gasteiger partial charge is 0.226 e. The van der Waals surface area contributed by atoms with Crippen molar-refractivity contribution >= 4 is 22.4 Å². The minimum Gasteiger partial charge on any atom is -0.302 e. The largest absolute Gasteiger partial charge is 0.302 e. The lowest BCUT2D eigenvalue weighted by atomic mass is 10.1. The van der Waals surface area contributed by atoms with Crippen LogP contribution in [-0.2, 0) is 11.2 Å². The molecule has 1 heterocycles. The van der Waals surface area contributed by atoms with Crippen molar-refractivity contribution in [1.82, 2.24) is 4.98 Å². The van der Waals surface area contributed by atoms with Crippen LogP contribution in [-0.4, -0.2) is 10.9 Å². The van der Waals surface area contributed by atoms with Crippen molar-refractivity contribution in [2.24, 2.45) is 0 Å². The third-order valence-electron chi connectivity index (χ3n) is 3.44. The van der Waals surface area contributed by atoms with Gasteiger partial charge in [-0.25, -0.2) is 13.8 Å². The van der Waals surface area contributed by atoms with E-state index >= 15 is 0 Å². The molecule has 0 aliphatic heterocycles. The summed E-state index contributed by atoms with van der Waals surface area (Å²) < 4.78 is 27.0. The lowest BCUT2D eigenvalue weighted by Gasteiger charge is -2.02. The second kappa shape index (κ2) is 7.31. The molecule has 3 rings (SSSR count). The first-order valence-electron chi connectivity index (χ1n) is 7.36. The maximum Gasteiger partial charge on any atom is 0.226 e. The van der Waals surface area contributed by atoms with Gasteiger partial charge in [0.1, 0.15) is 11.6 Å². The second-order valence-electron chi connectivity index (χ2n) is 5.20. The van der Waals surface area contributed by atoms with Crippen LogP contribution in [0.5, 0.6) is 0 Å². The number of hydrogen-bond donors (Lipinski definition) is 1. The van der Waals surface area contributed by atoms with E-state index in [0.717, 1.165) is 23.8 Å². The van der Waals surface area contributed by atoms with Crippen molar-refractivity contribution in [3.05, 3.63) is 71.1 Å². The summed E-state index contributed by atoms with van der Waals surface area (Å²) in [7, 11) is 0. The maximum atomic E-state index is 13.7. The van der Waals surface area contributed by atoms with E-state index in [4.69, 9.17) is 0 Å². The first kappa shape index (κ1) is 16.3. The highest BCUT2D eigenvalue weighted by Gasteiger charge is 2.12. The van der Waals surface area contributed by atoms with Gasteiger partial charge in [0, 0.05) is 17.4 Å². The fraction of sp³-hybridized carbons (Fsp3) is 0.111. The number of amides is 1. The minimum absolute atomic E-state index is 0.0797. The number of nitrogens with zero attached hydrogens (tertiary/aromatic N) is 1. The molecule has 3 aromatic rings. The summed E-state index contributed by atoms with van der Waals surface area (Å²) in [5.74, 6) is -1.25. The minimum atomic E-state index is -0.552. The highest BCUT2D eigenvalue weighted by atomic mass is 32.1. The Morgan fingerprint density at radius 2 is 1.92 bits per heavy atom. The summed E-state index contributed by atoms with van der Waals surface area (Å²) >= 11 is 1.18. The number of benzene rings is 2. The molecule has 0 radical (unpaired) electrons. The van der Waals surface area contributed by atoms with Crippen LogP contribution in [0.4, 0.5) is 13.9 Å². The number of nitrogens with one attached hydrogen (secondary N) is 1. The van der Waals surface area contributed by atoms with E-state index in [1.807, 2.05) is 30.3 Å². The zero-order valence-corrected chi connectivity index (χ0v) is 13.4. The Balaban J connectivity index is 1.63. The van der Waals surface area contributed by atoms with Crippen molar-refractivity contribution < 1.29 is 13.6 Å². The molecule has 0 unspecified atom stereocenters. The second-order valence-corrected chi connectivity index (χ2v) is 6.05. The lowest BCUT2D eigenvalue weighted by Crippen LogP contribution is -2.12. The molecular weight excluding hydrogens is 330 g/mol. The number of hydrogen-bond acceptors (Lipinski definition) is 3. The van der Waals surface area contributed by atoms with Gasteiger partial charge in [-0.05, 0) is 30.2 Å². The number of thiazole rings is 1. The van der Waals surface area contributed by atoms with Crippen molar-refractivity contribution in [2.75, 3.05) is 5.32 Å². The van der Waals surface area contributed by atoms with Crippen LogP contribution < -0.4 is 5.32 Å². The molecule has 2 aromatic carbocycles. The van der Waals surface area contributed by atoms with Crippen molar-refractivity contribution in [2.45, 2.75) is 12.8 Å². The summed E-state index contributed by atoms with van der Waals surface area (Å²) in [6, 6.07) is 12.9. The fourth-order valence-corrected chi connectivity index (χ4v) is 2.96. The van der Waals surface area contributed by atoms with Crippen molar-refractivity contribution in [3.8, 4) is 11.3 Å². The van der Waals surface area contributed by atoms with Crippen LogP contribution in [0.15, 0.2) is 53.9 Å². The van der Waals surface area contributed by atoms with Crippen LogP contribution >= 0.6 is 11.3 Å². The highest BCUT2D eigenvalue weighted by Crippen LogP contribution is 2.27. The first-order chi connectivity index (χ1) is 11.6. The number of halogens is 2. The average molecular weight is 344 g/mol. The SMILES string of the molecule is O=C(CCc1ccccc1)Nc1nc(-c2cc(F)ccc2F)cs1. The predicted octanol–water partition coefficient (Wildman–Crippen LogP) is 4.66. The fourth-order valence-electron chi connectivity index (χ4n) is 2.23. The Morgan fingerprint density at radius 1 is 1.12 bits per heavy atom. The summed E-state index contributed by atoms with van der Waals surface area (Å²) in [6.07, 6.45) is 0.955. The molecule has 1 aromatic heterocycles. The van der Waals surface area contributed by atoms with Gasteiger partial charge in [0.2, 0.25) is 5.91 Å². The van der Waals surface area contributed by atoms with Crippen LogP contribution in [0, 0.1) is 11.6 Å². The molecule has 0 bridgehead atoms. The topological polar surface area (TPSA) is 42.0 Å². The molecule has 0 fully saturated rings. The summed E-state index contributed by atoms with van der Waals surface area (Å²) in [4.78, 5) is 16.1. The van der Waals surface area contributed by atoms with Gasteiger partial charge in [-0.3, -0.25) is 4.79 Å². The molecule has 0 aliphatic rings. The van der Waals surface area contributed by atoms with E-state index in [2.05, 4.69) is 10.3 Å². The molecule has 0 aliphatic carbocycles. The van der Waals surface area contributed by atoms with Crippen LogP contribution in [0.1, 0.15) is 12.0 Å². The summed E-state index contributed by atoms with van der Waals surface area (Å²) in [6.45, 7) is 0. The summed E-state index contributed by atoms with van der Waals surface area (Å²) in [5.41, 5.74) is 1.46. The normalized spacial score (nSPS) is 10.6. The van der Waals surface area contributed by atoms with Gasteiger partial charge in [-0.2, -0.15) is 0 Å². The quantitative estimate of drug-likeness (QED) is 0.731. The molecule has 0 saturated carbocycles. The van der Waals surface area contributed by atoms with Gasteiger partial charge >= 0.3 is 0 Å². The Morgan fingerprint density at radius 3 is 2.71 bits per heavy atom. The summed E-state index contributed by atoms with van der Waals surface area (Å²) in [5, 5.41) is 4.64. The Hall–Kier alpha value is -2.60. The van der Waals surface area contributed by atoms with Gasteiger partial charge in [0.25, 0.3) is 0 Å². The van der Waals surface area contributed by atoms with Gasteiger partial charge in [0.15, 0.2) is 5.13 Å². The molecule has 3 nitrogen and oxygen atoms in total. The van der Waals surface area contributed by atoms with Gasteiger partial charge in [-0.15, -0.1) is 11.3 Å². The van der Waals surface area contributed by atoms with Crippen LogP contribution in [0.25, 0.3) is 11.3 Å². The number of anilines is 1. The van der Waals surface area contributed by atoms with Crippen molar-refractivity contribution in [3.63, 3.8) is 0 Å². The third-order valence-corrected chi connectivity index (χ3v) is 4.20. The number of carbonyl (C=O) groups is 1. The average Bonchev–Trinajstić information content (AvgIpc) is 3.04. The molecule has 0 spiro atoms. The first-order valence-corrected chi connectivity index (χ1v) is 8.24. The zero-order chi connectivity index (χ0) is 16.9. The molecule has 24 heavy (non-hydrogen) atoms. The van der Waals surface area contributed by atoms with E-state index in [-0.39, 0.29) is 11.5 Å². The number of carbonyl (C=O) groups excluding carboxylic acids is 1. The van der Waals surface area contributed by atoms with Crippen LogP contribution in [0.3, 0.4) is 0 Å². The van der Waals surface area contributed by atoms with E-state index in [0.29, 0.717) is 23.7 Å². The Bertz CT molecular complexity index is 849. The molecule has 122 valence electrons. The molecular formula is C18H14F2N2OS. The lowest BCUT2D eigenvalue weighted by molar-refractivity contribution is -0.116. The molecule has 0 atom stereocenters. The van der Waals surface area contributed by atoms with E-state index < -0.39 is 11.6 Å². The van der Waals surface area contributed by atoms with Gasteiger partial charge in [0.05, 0.1) is 5.69 Å². The molecule has 6 heteroatoms. The van der Waals surface area contributed by atoms with Crippen LogP contribution in [0.2, 0.25) is 0 Å². The van der Waals surface area contributed by atoms with E-state index in [1.54, 1.807) is 5.38 Å². The van der Waals surface area contributed by atoms with E-state index in [9.17, 15) is 13.6 Å². The van der Waals surface area contributed by atoms with Crippen molar-refractivity contribution in [1.29, 1.82) is 0 Å². The Labute approximate surface area is 142 Å². The standard InChI is InChI=1S/C18H14F2N2OS/c19-13-7-8-15(20)14(10-13)16-11-24-18(21-16)22-17(23)9-6-12-4-2-1-3-5-12/h1-5,7-8,10-11H,6,9H2,(H,21,22,23). The number of aromatic nitrogens is 1. The number of aryl methyl sites for hydroxylation is 1. The number of rotatable bonds is 5. The molecule has 0 saturated heterocycles. The maximum absolute atomic E-state index is 13.7. The highest BCUT2D eigenvalue weighted by molar-refractivity contribution is 7.14. The monoisotopic (exact) mass is 344 g/mol. The van der Waals surface area contributed by atoms with Gasteiger partial charge in [-0.1, -0.05) is 30.3 Å². The predicted molar refractivity (Wildman–Crippen MR) is 90.9 cm³/mol. The van der Waals surface area contributed by atoms with E-state index in [1.165, 1.54) is 11.3 Å². The molecule has 1 N–H and O–H groups in total. The third kappa shape index (κ3) is 4.02. The zero-order valence-electron chi connectivity index (χ0n) is 12.6. The molecule has 1 amide bonds. The van der Waals surface area contributed by atoms with Gasteiger partial charge < -0.3 is 5.32 Å². The Kier molecular flexibility index (Phi) is 4.96.